The normalized spacial score (nSPS) is 11.2. The predicted octanol–water partition coefficient (Wildman–Crippen LogP) is 2.75. The van der Waals surface area contributed by atoms with Crippen molar-refractivity contribution in [1.29, 1.82) is 0 Å². The zero-order valence-electron chi connectivity index (χ0n) is 11.4. The number of anilines is 1. The van der Waals surface area contributed by atoms with E-state index in [1.165, 1.54) is 11.3 Å². The average Bonchev–Trinajstić information content (AvgIpc) is 3.02. The summed E-state index contributed by atoms with van der Waals surface area (Å²) < 4.78 is 0. The molecule has 0 bridgehead atoms. The first-order chi connectivity index (χ1) is 10.2. The largest absolute Gasteiger partial charge is 0.384 e. The lowest BCUT2D eigenvalue weighted by atomic mass is 10.3. The van der Waals surface area contributed by atoms with Crippen molar-refractivity contribution in [3.63, 3.8) is 0 Å². The predicted molar refractivity (Wildman–Crippen MR) is 87.8 cm³/mol. The maximum Gasteiger partial charge on any atom is 0.265 e. The topological polar surface area (TPSA) is 76.7 Å². The van der Waals surface area contributed by atoms with E-state index in [1.54, 1.807) is 11.8 Å². The zero-order chi connectivity index (χ0) is 15.1. The Bertz CT molecular complexity index is 610. The Labute approximate surface area is 131 Å². The van der Waals surface area contributed by atoms with Gasteiger partial charge in [0.2, 0.25) is 0 Å². The van der Waals surface area contributed by atoms with Crippen molar-refractivity contribution in [2.24, 2.45) is 10.9 Å². The lowest BCUT2D eigenvalue weighted by molar-refractivity contribution is -0.120. The van der Waals surface area contributed by atoms with Crippen molar-refractivity contribution in [3.8, 4) is 0 Å². The molecule has 0 aliphatic heterocycles. The first-order valence-corrected chi connectivity index (χ1v) is 8.22. The average molecular weight is 321 g/mol. The number of carbonyl (C=O) groups excluding carboxylic acids is 1. The van der Waals surface area contributed by atoms with Gasteiger partial charge in [-0.15, -0.1) is 23.1 Å². The number of hydrogen-bond acceptors (Lipinski definition) is 5. The molecule has 0 radical (unpaired) electrons. The molecule has 0 atom stereocenters. The molecule has 1 heterocycles. The molecule has 110 valence electrons. The lowest BCUT2D eigenvalue weighted by Crippen LogP contribution is -2.19. The van der Waals surface area contributed by atoms with E-state index < -0.39 is 0 Å². The summed E-state index contributed by atoms with van der Waals surface area (Å²) in [6, 6.07) is 11.3. The van der Waals surface area contributed by atoms with Crippen LogP contribution in [0.3, 0.4) is 0 Å². The fourth-order valence-electron chi connectivity index (χ4n) is 1.50. The molecular weight excluding hydrogens is 306 g/mol. The molecule has 1 aromatic carbocycles. The van der Waals surface area contributed by atoms with Gasteiger partial charge in [0.05, 0.1) is 4.88 Å². The third kappa shape index (κ3) is 4.80. The van der Waals surface area contributed by atoms with Crippen LogP contribution in [0, 0.1) is 0 Å². The van der Waals surface area contributed by atoms with Crippen molar-refractivity contribution >= 4 is 40.5 Å². The Balaban J connectivity index is 1.80. The third-order valence-corrected chi connectivity index (χ3v) is 4.14. The molecule has 3 N–H and O–H groups in total. The second-order valence-electron chi connectivity index (χ2n) is 4.00. The second-order valence-corrected chi connectivity index (χ2v) is 5.83. The van der Waals surface area contributed by atoms with Crippen molar-refractivity contribution in [2.45, 2.75) is 4.90 Å². The Kier molecular flexibility index (Phi) is 5.65. The number of nitrogens with two attached hydrogens (primary N) is 1. The number of nitrogens with zero attached hydrogens (tertiary/aromatic N) is 1. The van der Waals surface area contributed by atoms with Crippen LogP contribution in [0.4, 0.5) is 5.69 Å². The molecule has 21 heavy (non-hydrogen) atoms. The van der Waals surface area contributed by atoms with Crippen molar-refractivity contribution in [2.75, 3.05) is 18.2 Å². The van der Waals surface area contributed by atoms with Crippen LogP contribution in [0.2, 0.25) is 0 Å². The zero-order valence-corrected chi connectivity index (χ0v) is 13.0. The molecule has 0 saturated carbocycles. The van der Waals surface area contributed by atoms with Crippen LogP contribution in [0.15, 0.2) is 51.8 Å². The number of carbonyl (C=O) groups is 1. The van der Waals surface area contributed by atoms with Crippen LogP contribution < -0.4 is 11.1 Å². The minimum atomic E-state index is -0.283. The third-order valence-electron chi connectivity index (χ3n) is 2.51. The minimum absolute atomic E-state index is 0.184. The number of oxime groups is 1. The summed E-state index contributed by atoms with van der Waals surface area (Å²) in [5.41, 5.74) is 6.43. The highest BCUT2D eigenvalue weighted by Crippen LogP contribution is 2.17. The molecule has 1 amide bonds. The van der Waals surface area contributed by atoms with Gasteiger partial charge in [0, 0.05) is 10.6 Å². The smallest absolute Gasteiger partial charge is 0.265 e. The summed E-state index contributed by atoms with van der Waals surface area (Å²) in [5.74, 6) is -0.0169. The second kappa shape index (κ2) is 7.70. The molecule has 0 unspecified atom stereocenters. The number of hydrogen-bond donors (Lipinski definition) is 2. The summed E-state index contributed by atoms with van der Waals surface area (Å²) in [6.07, 6.45) is 2.00. The van der Waals surface area contributed by atoms with Gasteiger partial charge in [0.25, 0.3) is 5.91 Å². The molecule has 1 aromatic heterocycles. The van der Waals surface area contributed by atoms with E-state index in [1.807, 2.05) is 48.0 Å². The first-order valence-electron chi connectivity index (χ1n) is 6.12. The summed E-state index contributed by atoms with van der Waals surface area (Å²) in [5, 5.41) is 8.33. The maximum absolute atomic E-state index is 11.7. The molecule has 2 aromatic rings. The van der Waals surface area contributed by atoms with Crippen molar-refractivity contribution < 1.29 is 9.63 Å². The molecular formula is C14H15N3O2S2. The van der Waals surface area contributed by atoms with Crippen LogP contribution in [0.1, 0.15) is 4.88 Å². The van der Waals surface area contributed by atoms with Gasteiger partial charge in [0.15, 0.2) is 12.4 Å². The quantitative estimate of drug-likeness (QED) is 0.371. The summed E-state index contributed by atoms with van der Waals surface area (Å²) >= 11 is 3.10. The molecule has 0 fully saturated rings. The van der Waals surface area contributed by atoms with Gasteiger partial charge < -0.3 is 15.9 Å². The van der Waals surface area contributed by atoms with Gasteiger partial charge in [-0.25, -0.2) is 0 Å². The molecule has 7 heteroatoms. The number of amidine groups is 1. The van der Waals surface area contributed by atoms with Gasteiger partial charge >= 0.3 is 0 Å². The fourth-order valence-corrected chi connectivity index (χ4v) is 2.53. The summed E-state index contributed by atoms with van der Waals surface area (Å²) in [7, 11) is 0. The van der Waals surface area contributed by atoms with Crippen LogP contribution in [-0.2, 0) is 9.63 Å². The van der Waals surface area contributed by atoms with Crippen LogP contribution >= 0.6 is 23.1 Å². The highest BCUT2D eigenvalue weighted by atomic mass is 32.2. The van der Waals surface area contributed by atoms with Gasteiger partial charge in [0.1, 0.15) is 0 Å². The fraction of sp³-hybridized carbons (Fsp3) is 0.143. The summed E-state index contributed by atoms with van der Waals surface area (Å²) in [4.78, 5) is 18.6. The van der Waals surface area contributed by atoms with Crippen LogP contribution in [-0.4, -0.2) is 24.6 Å². The number of benzene rings is 1. The molecule has 0 spiro atoms. The van der Waals surface area contributed by atoms with Gasteiger partial charge in [-0.3, -0.25) is 4.79 Å². The molecule has 0 aliphatic carbocycles. The SMILES string of the molecule is CSc1ccc(NC(=O)CO/N=C(/N)c2cccs2)cc1. The number of rotatable bonds is 6. The Morgan fingerprint density at radius 2 is 2.14 bits per heavy atom. The number of thiophene rings is 1. The Morgan fingerprint density at radius 1 is 1.38 bits per heavy atom. The molecule has 2 rings (SSSR count). The van der Waals surface area contributed by atoms with Gasteiger partial charge in [-0.1, -0.05) is 11.2 Å². The van der Waals surface area contributed by atoms with Crippen molar-refractivity contribution in [3.05, 3.63) is 46.7 Å². The van der Waals surface area contributed by atoms with E-state index >= 15 is 0 Å². The van der Waals surface area contributed by atoms with Crippen LogP contribution in [0.25, 0.3) is 0 Å². The van der Waals surface area contributed by atoms with E-state index in [2.05, 4.69) is 10.5 Å². The van der Waals surface area contributed by atoms with Crippen molar-refractivity contribution in [1.82, 2.24) is 0 Å². The highest BCUT2D eigenvalue weighted by Gasteiger charge is 2.04. The van der Waals surface area contributed by atoms with E-state index in [4.69, 9.17) is 10.6 Å². The first kappa shape index (κ1) is 15.4. The lowest BCUT2D eigenvalue weighted by Gasteiger charge is -2.05. The highest BCUT2D eigenvalue weighted by molar-refractivity contribution is 7.98. The van der Waals surface area contributed by atoms with E-state index in [0.717, 1.165) is 15.5 Å². The van der Waals surface area contributed by atoms with E-state index in [0.29, 0.717) is 0 Å². The minimum Gasteiger partial charge on any atom is -0.384 e. The van der Waals surface area contributed by atoms with Gasteiger partial charge in [-0.2, -0.15) is 0 Å². The van der Waals surface area contributed by atoms with E-state index in [-0.39, 0.29) is 18.3 Å². The Morgan fingerprint density at radius 3 is 2.76 bits per heavy atom. The molecule has 0 aliphatic rings. The number of nitrogens with one attached hydrogen (secondary N) is 1. The van der Waals surface area contributed by atoms with Crippen LogP contribution in [0.5, 0.6) is 0 Å². The van der Waals surface area contributed by atoms with Gasteiger partial charge in [-0.05, 0) is 42.0 Å². The number of amides is 1. The molecule has 5 nitrogen and oxygen atoms in total. The number of thioether (sulfide) groups is 1. The van der Waals surface area contributed by atoms with E-state index in [9.17, 15) is 4.79 Å². The Hall–Kier alpha value is -1.99. The molecule has 0 saturated heterocycles. The monoisotopic (exact) mass is 321 g/mol. The maximum atomic E-state index is 11.7. The standard InChI is InChI=1S/C14H15N3O2S2/c1-20-11-6-4-10(5-7-11)16-13(18)9-19-17-14(15)12-3-2-8-21-12/h2-8H,9H2,1H3,(H2,15,17)(H,16,18). The summed E-state index contributed by atoms with van der Waals surface area (Å²) in [6.45, 7) is -0.184.